The van der Waals surface area contributed by atoms with Crippen LogP contribution in [0.4, 0.5) is 0 Å². The predicted octanol–water partition coefficient (Wildman–Crippen LogP) is 4.43. The molecule has 0 saturated heterocycles. The molecule has 0 unspecified atom stereocenters. The van der Waals surface area contributed by atoms with Crippen molar-refractivity contribution in [3.8, 4) is 0 Å². The van der Waals surface area contributed by atoms with Crippen LogP contribution in [0, 0.1) is 40.4 Å². The number of carbonyl (C=O) groups is 1. The molecule has 5 aliphatic carbocycles. The Bertz CT molecular complexity index is 630. The monoisotopic (exact) mass is 298 g/mol. The van der Waals surface area contributed by atoms with E-state index < -0.39 is 0 Å². The van der Waals surface area contributed by atoms with Gasteiger partial charge in [0.15, 0.2) is 0 Å². The topological polar surface area (TPSA) is 37.3 Å². The second kappa shape index (κ2) is 3.88. The van der Waals surface area contributed by atoms with Gasteiger partial charge in [-0.3, -0.25) is 4.79 Å². The van der Waals surface area contributed by atoms with Crippen LogP contribution >= 0.6 is 0 Å². The first-order valence-corrected chi connectivity index (χ1v) is 9.10. The lowest BCUT2D eigenvalue weighted by Gasteiger charge is -2.56. The van der Waals surface area contributed by atoms with E-state index in [1.807, 2.05) is 6.08 Å². The lowest BCUT2D eigenvalue weighted by atomic mass is 9.48. The molecule has 0 aromatic heterocycles. The number of aliphatic hydroxyl groups excluding tert-OH is 1. The summed E-state index contributed by atoms with van der Waals surface area (Å²) in [5.41, 5.74) is 1.59. The predicted molar refractivity (Wildman–Crippen MR) is 85.2 cm³/mol. The minimum atomic E-state index is -0.0108. The molecule has 5 rings (SSSR count). The molecule has 3 saturated carbocycles. The number of aliphatic hydroxyl groups is 1. The second-order valence-corrected chi connectivity index (χ2v) is 9.07. The normalized spacial score (nSPS) is 55.4. The average molecular weight is 298 g/mol. The summed E-state index contributed by atoms with van der Waals surface area (Å²) in [6.45, 7) is 4.69. The molecular formula is C20H26O2. The Balaban J connectivity index is 1.57. The first kappa shape index (κ1) is 13.4. The van der Waals surface area contributed by atoms with Crippen molar-refractivity contribution >= 4 is 5.78 Å². The van der Waals surface area contributed by atoms with E-state index in [0.29, 0.717) is 41.1 Å². The van der Waals surface area contributed by atoms with Gasteiger partial charge in [0.2, 0.25) is 0 Å². The zero-order valence-electron chi connectivity index (χ0n) is 13.6. The average Bonchev–Trinajstić information content (AvgIpc) is 3.22. The Hall–Kier alpha value is -1.05. The van der Waals surface area contributed by atoms with Gasteiger partial charge in [0, 0.05) is 17.8 Å². The Morgan fingerprint density at radius 3 is 2.82 bits per heavy atom. The highest BCUT2D eigenvalue weighted by molar-refractivity contribution is 5.92. The van der Waals surface area contributed by atoms with Crippen LogP contribution in [0.3, 0.4) is 0 Å². The second-order valence-electron chi connectivity index (χ2n) is 9.07. The summed E-state index contributed by atoms with van der Waals surface area (Å²) in [7, 11) is 0. The third kappa shape index (κ3) is 1.40. The fraction of sp³-hybridized carbons (Fsp3) is 0.750. The van der Waals surface area contributed by atoms with Crippen LogP contribution in [0.25, 0.3) is 0 Å². The summed E-state index contributed by atoms with van der Waals surface area (Å²) in [4.78, 5) is 12.7. The number of fused-ring (bicyclic) bond motifs is 7. The molecule has 3 fully saturated rings. The molecule has 2 nitrogen and oxygen atoms in total. The van der Waals surface area contributed by atoms with Gasteiger partial charge in [-0.15, -0.1) is 0 Å². The van der Waals surface area contributed by atoms with Crippen LogP contribution in [0.2, 0.25) is 0 Å². The van der Waals surface area contributed by atoms with Crippen molar-refractivity contribution in [1.82, 2.24) is 0 Å². The molecule has 7 atom stereocenters. The third-order valence-corrected chi connectivity index (χ3v) is 8.20. The number of allylic oxidation sites excluding steroid dienone is 4. The van der Waals surface area contributed by atoms with Crippen LogP contribution in [-0.4, -0.2) is 10.9 Å². The Kier molecular flexibility index (Phi) is 2.36. The SMILES string of the molecule is C[C@]12CCC(O)=CC1=CC[C@H]1[C@@H]3[C@@H]4C[C@@H]4C(=O)[C@@]3(C)CC[C@@H]12. The lowest BCUT2D eigenvalue weighted by molar-refractivity contribution is -0.135. The van der Waals surface area contributed by atoms with Crippen molar-refractivity contribution in [2.75, 3.05) is 0 Å². The van der Waals surface area contributed by atoms with Gasteiger partial charge in [0.1, 0.15) is 5.78 Å². The van der Waals surface area contributed by atoms with Crippen molar-refractivity contribution in [3.63, 3.8) is 0 Å². The molecule has 0 amide bonds. The smallest absolute Gasteiger partial charge is 0.142 e. The number of rotatable bonds is 0. The molecule has 0 heterocycles. The minimum absolute atomic E-state index is 0.0108. The summed E-state index contributed by atoms with van der Waals surface area (Å²) in [6, 6.07) is 0. The highest BCUT2D eigenvalue weighted by Gasteiger charge is 2.69. The van der Waals surface area contributed by atoms with Crippen LogP contribution in [0.1, 0.15) is 52.4 Å². The van der Waals surface area contributed by atoms with E-state index in [1.54, 1.807) is 0 Å². The molecule has 22 heavy (non-hydrogen) atoms. The van der Waals surface area contributed by atoms with E-state index >= 15 is 0 Å². The van der Waals surface area contributed by atoms with E-state index in [9.17, 15) is 9.90 Å². The fourth-order valence-corrected chi connectivity index (χ4v) is 6.98. The summed E-state index contributed by atoms with van der Waals surface area (Å²) in [6.07, 6.45) is 10.9. The zero-order valence-corrected chi connectivity index (χ0v) is 13.6. The Morgan fingerprint density at radius 2 is 2.00 bits per heavy atom. The summed E-state index contributed by atoms with van der Waals surface area (Å²) in [5, 5.41) is 9.91. The van der Waals surface area contributed by atoms with Crippen LogP contribution in [0.5, 0.6) is 0 Å². The van der Waals surface area contributed by atoms with Crippen LogP contribution in [0.15, 0.2) is 23.5 Å². The van der Waals surface area contributed by atoms with E-state index in [1.165, 1.54) is 18.4 Å². The Morgan fingerprint density at radius 1 is 1.18 bits per heavy atom. The number of hydrogen-bond donors (Lipinski definition) is 1. The summed E-state index contributed by atoms with van der Waals surface area (Å²) >= 11 is 0. The van der Waals surface area contributed by atoms with Gasteiger partial charge in [-0.05, 0) is 72.8 Å². The van der Waals surface area contributed by atoms with E-state index in [-0.39, 0.29) is 10.8 Å². The summed E-state index contributed by atoms with van der Waals surface area (Å²) < 4.78 is 0. The van der Waals surface area contributed by atoms with Crippen molar-refractivity contribution in [2.24, 2.45) is 40.4 Å². The maximum Gasteiger partial charge on any atom is 0.142 e. The standard InChI is InChI=1S/C20H26O2/c1-19-7-5-12(21)9-11(19)3-4-13-16(19)6-8-20(2)17(13)14-10-15(14)18(20)22/h3,9,13-17,21H,4-8,10H2,1-2H3/t13-,14-,15+,16+,17-,19+,20+/m1/s1. The van der Waals surface area contributed by atoms with Crippen molar-refractivity contribution < 1.29 is 9.90 Å². The van der Waals surface area contributed by atoms with Crippen LogP contribution < -0.4 is 0 Å². The van der Waals surface area contributed by atoms with Crippen molar-refractivity contribution in [2.45, 2.75) is 52.4 Å². The minimum Gasteiger partial charge on any atom is -0.512 e. The van der Waals surface area contributed by atoms with Gasteiger partial charge in [0.25, 0.3) is 0 Å². The quantitative estimate of drug-likeness (QED) is 0.718. The maximum atomic E-state index is 12.7. The molecule has 0 radical (unpaired) electrons. The molecule has 0 bridgehead atoms. The molecule has 1 N–H and O–H groups in total. The zero-order chi connectivity index (χ0) is 15.3. The number of Topliss-reactive ketones (excluding diaryl/α,β-unsaturated/α-hetero) is 1. The van der Waals surface area contributed by atoms with Crippen molar-refractivity contribution in [3.05, 3.63) is 23.5 Å². The largest absolute Gasteiger partial charge is 0.512 e. The highest BCUT2D eigenvalue weighted by atomic mass is 16.3. The maximum absolute atomic E-state index is 12.7. The van der Waals surface area contributed by atoms with Gasteiger partial charge in [0.05, 0.1) is 5.76 Å². The number of hydrogen-bond acceptors (Lipinski definition) is 2. The molecule has 0 aromatic carbocycles. The van der Waals surface area contributed by atoms with Crippen LogP contribution in [-0.2, 0) is 4.79 Å². The first-order valence-electron chi connectivity index (χ1n) is 9.10. The van der Waals surface area contributed by atoms with Gasteiger partial charge in [-0.25, -0.2) is 0 Å². The van der Waals surface area contributed by atoms with Gasteiger partial charge < -0.3 is 5.11 Å². The number of ketones is 1. The molecule has 0 aromatic rings. The Labute approximate surface area is 132 Å². The molecule has 0 spiro atoms. The molecule has 5 aliphatic rings. The van der Waals surface area contributed by atoms with Gasteiger partial charge >= 0.3 is 0 Å². The first-order chi connectivity index (χ1) is 10.4. The summed E-state index contributed by atoms with van der Waals surface area (Å²) in [5.74, 6) is 4.32. The fourth-order valence-electron chi connectivity index (χ4n) is 6.98. The lowest BCUT2D eigenvalue weighted by Crippen LogP contribution is -2.50. The molecule has 0 aliphatic heterocycles. The van der Waals surface area contributed by atoms with E-state index in [4.69, 9.17) is 0 Å². The van der Waals surface area contributed by atoms with E-state index in [2.05, 4.69) is 19.9 Å². The molecule has 2 heteroatoms. The van der Waals surface area contributed by atoms with Gasteiger partial charge in [-0.1, -0.05) is 19.9 Å². The van der Waals surface area contributed by atoms with Gasteiger partial charge in [-0.2, -0.15) is 0 Å². The van der Waals surface area contributed by atoms with E-state index in [0.717, 1.165) is 25.7 Å². The number of carbonyl (C=O) groups excluding carboxylic acids is 1. The highest BCUT2D eigenvalue weighted by Crippen LogP contribution is 2.71. The molecule has 118 valence electrons. The van der Waals surface area contributed by atoms with Crippen molar-refractivity contribution in [1.29, 1.82) is 0 Å². The molecular weight excluding hydrogens is 272 g/mol. The third-order valence-electron chi connectivity index (χ3n) is 8.20.